The van der Waals surface area contributed by atoms with Crippen molar-refractivity contribution in [3.05, 3.63) is 70.2 Å². The standard InChI is InChI=1S/C31H41ClN4O4/c1-5-6-15-35-29(33)23-12-7-8-13-24(23)30(39)36-16-14-20(18-26(37)40-4)17-25(36)28(38)27(31(2,3)34)21-10-9-11-22(32)19-21/h7-13,19-20,25,27H,5-6,14-18,34H2,1-4H3,(H2,33,35). The van der Waals surface area contributed by atoms with E-state index in [1.807, 2.05) is 6.07 Å². The molecule has 40 heavy (non-hydrogen) atoms. The van der Waals surface area contributed by atoms with Gasteiger partial charge in [0.1, 0.15) is 5.84 Å². The smallest absolute Gasteiger partial charge is 0.305 e. The van der Waals surface area contributed by atoms with E-state index in [0.29, 0.717) is 41.1 Å². The second-order valence-corrected chi connectivity index (χ2v) is 11.5. The third-order valence-electron chi connectivity index (χ3n) is 7.45. The van der Waals surface area contributed by atoms with E-state index >= 15 is 0 Å². The number of esters is 1. The first-order valence-electron chi connectivity index (χ1n) is 13.9. The fourth-order valence-electron chi connectivity index (χ4n) is 5.42. The van der Waals surface area contributed by atoms with Crippen LogP contribution in [0.4, 0.5) is 0 Å². The number of ether oxygens (including phenoxy) is 1. The summed E-state index contributed by atoms with van der Waals surface area (Å²) in [4.78, 5) is 42.2. The Labute approximate surface area is 242 Å². The quantitative estimate of drug-likeness (QED) is 0.153. The summed E-state index contributed by atoms with van der Waals surface area (Å²) < 4.78 is 4.89. The first-order chi connectivity index (χ1) is 19.0. The van der Waals surface area contributed by atoms with E-state index in [1.54, 1.807) is 61.2 Å². The van der Waals surface area contributed by atoms with Crippen molar-refractivity contribution in [2.45, 2.75) is 70.4 Å². The molecule has 8 nitrogen and oxygen atoms in total. The third-order valence-corrected chi connectivity index (χ3v) is 7.69. The summed E-state index contributed by atoms with van der Waals surface area (Å²) in [6.07, 6.45) is 2.91. The molecule has 2 aromatic carbocycles. The minimum atomic E-state index is -0.949. The lowest BCUT2D eigenvalue weighted by Gasteiger charge is -2.42. The zero-order valence-corrected chi connectivity index (χ0v) is 24.6. The summed E-state index contributed by atoms with van der Waals surface area (Å²) in [6, 6.07) is 13.2. The summed E-state index contributed by atoms with van der Waals surface area (Å²) in [5, 5.41) is 12.2. The third kappa shape index (κ3) is 7.70. The van der Waals surface area contributed by atoms with Crippen LogP contribution in [0, 0.1) is 11.3 Å². The fourth-order valence-corrected chi connectivity index (χ4v) is 5.62. The van der Waals surface area contributed by atoms with E-state index in [-0.39, 0.29) is 42.4 Å². The molecule has 3 unspecified atom stereocenters. The second kappa shape index (κ2) is 13.9. The number of likely N-dealkylation sites (tertiary alicyclic amines) is 1. The Kier molecular flexibility index (Phi) is 10.9. The number of rotatable bonds is 11. The van der Waals surface area contributed by atoms with Crippen molar-refractivity contribution < 1.29 is 19.1 Å². The number of hydrogen-bond acceptors (Lipinski definition) is 6. The van der Waals surface area contributed by atoms with E-state index in [0.717, 1.165) is 12.8 Å². The molecule has 0 saturated carbocycles. The van der Waals surface area contributed by atoms with Crippen LogP contribution in [0.25, 0.3) is 0 Å². The number of nitrogens with one attached hydrogen (secondary N) is 2. The number of hydrogen-bond donors (Lipinski definition) is 3. The molecule has 1 aliphatic heterocycles. The zero-order chi connectivity index (χ0) is 29.4. The first kappa shape index (κ1) is 31.3. The average Bonchev–Trinajstić information content (AvgIpc) is 2.92. The molecule has 1 saturated heterocycles. The summed E-state index contributed by atoms with van der Waals surface area (Å²) in [5.41, 5.74) is 7.15. The number of Topliss-reactive ketones (excluding diaryl/α,β-unsaturated/α-hetero) is 1. The highest BCUT2D eigenvalue weighted by Crippen LogP contribution is 2.36. The molecule has 1 fully saturated rings. The summed E-state index contributed by atoms with van der Waals surface area (Å²) in [6.45, 7) is 6.56. The molecule has 4 N–H and O–H groups in total. The van der Waals surface area contributed by atoms with Crippen molar-refractivity contribution >= 4 is 35.1 Å². The van der Waals surface area contributed by atoms with Crippen molar-refractivity contribution in [2.24, 2.45) is 11.7 Å². The minimum Gasteiger partial charge on any atom is -0.469 e. The lowest BCUT2D eigenvalue weighted by Crippen LogP contribution is -2.55. The molecule has 216 valence electrons. The van der Waals surface area contributed by atoms with Crippen molar-refractivity contribution in [1.29, 1.82) is 5.41 Å². The van der Waals surface area contributed by atoms with Crippen molar-refractivity contribution in [1.82, 2.24) is 10.2 Å². The van der Waals surface area contributed by atoms with Crippen LogP contribution in [0.5, 0.6) is 0 Å². The van der Waals surface area contributed by atoms with E-state index in [4.69, 9.17) is 27.5 Å². The number of amides is 1. The fraction of sp³-hybridized carbons (Fsp3) is 0.484. The Hall–Kier alpha value is -3.23. The Bertz CT molecular complexity index is 1230. The number of nitrogens with zero attached hydrogens (tertiary/aromatic N) is 1. The van der Waals surface area contributed by atoms with E-state index in [1.165, 1.54) is 7.11 Å². The average molecular weight is 569 g/mol. The van der Waals surface area contributed by atoms with Crippen LogP contribution in [0.2, 0.25) is 5.02 Å². The van der Waals surface area contributed by atoms with Gasteiger partial charge >= 0.3 is 5.97 Å². The molecule has 3 atom stereocenters. The van der Waals surface area contributed by atoms with Gasteiger partial charge in [-0.1, -0.05) is 55.3 Å². The number of carbonyl (C=O) groups excluding carboxylic acids is 3. The van der Waals surface area contributed by atoms with Gasteiger partial charge < -0.3 is 20.7 Å². The van der Waals surface area contributed by atoms with Crippen LogP contribution >= 0.6 is 11.6 Å². The molecular formula is C31H41ClN4O4. The van der Waals surface area contributed by atoms with Crippen LogP contribution < -0.4 is 11.1 Å². The van der Waals surface area contributed by atoms with Crippen LogP contribution in [-0.4, -0.2) is 60.2 Å². The second-order valence-electron chi connectivity index (χ2n) is 11.1. The number of benzene rings is 2. The van der Waals surface area contributed by atoms with Gasteiger partial charge in [0.05, 0.1) is 24.6 Å². The number of methoxy groups -OCH3 is 1. The predicted octanol–water partition coefficient (Wildman–Crippen LogP) is 4.93. The van der Waals surface area contributed by atoms with Gasteiger partial charge in [-0.05, 0) is 62.8 Å². The van der Waals surface area contributed by atoms with E-state index in [9.17, 15) is 14.4 Å². The van der Waals surface area contributed by atoms with Gasteiger partial charge in [-0.25, -0.2) is 0 Å². The maximum atomic E-state index is 14.4. The van der Waals surface area contributed by atoms with Crippen LogP contribution in [0.3, 0.4) is 0 Å². The van der Waals surface area contributed by atoms with Crippen LogP contribution in [0.15, 0.2) is 48.5 Å². The largest absolute Gasteiger partial charge is 0.469 e. The molecule has 2 aromatic rings. The molecule has 0 aliphatic carbocycles. The summed E-state index contributed by atoms with van der Waals surface area (Å²) in [5.74, 6) is -1.58. The Morgan fingerprint density at radius 3 is 2.50 bits per heavy atom. The molecule has 9 heteroatoms. The van der Waals surface area contributed by atoms with E-state index in [2.05, 4.69) is 12.2 Å². The van der Waals surface area contributed by atoms with Crippen LogP contribution in [0.1, 0.15) is 80.3 Å². The van der Waals surface area contributed by atoms with Gasteiger partial charge in [0.2, 0.25) is 0 Å². The van der Waals surface area contributed by atoms with Crippen molar-refractivity contribution in [2.75, 3.05) is 20.2 Å². The lowest BCUT2D eigenvalue weighted by molar-refractivity contribution is -0.143. The number of amidine groups is 1. The SMILES string of the molecule is CCCCNC(=N)c1ccccc1C(=O)N1CCC(CC(=O)OC)CC1C(=O)C(c1cccc(Cl)c1)C(C)(C)N. The molecule has 0 aromatic heterocycles. The van der Waals surface area contributed by atoms with Gasteiger partial charge in [-0.3, -0.25) is 19.8 Å². The summed E-state index contributed by atoms with van der Waals surface area (Å²) >= 11 is 6.28. The maximum Gasteiger partial charge on any atom is 0.305 e. The number of carbonyl (C=O) groups is 3. The highest BCUT2D eigenvalue weighted by molar-refractivity contribution is 6.30. The molecule has 0 bridgehead atoms. The minimum absolute atomic E-state index is 0.129. The Morgan fingerprint density at radius 1 is 1.18 bits per heavy atom. The van der Waals surface area contributed by atoms with Crippen LogP contribution in [-0.2, 0) is 14.3 Å². The summed E-state index contributed by atoms with van der Waals surface area (Å²) in [7, 11) is 1.34. The van der Waals surface area contributed by atoms with Gasteiger partial charge in [0.25, 0.3) is 5.91 Å². The molecule has 3 rings (SSSR count). The molecule has 0 spiro atoms. The molecular weight excluding hydrogens is 528 g/mol. The molecule has 1 aliphatic rings. The van der Waals surface area contributed by atoms with Gasteiger partial charge in [0.15, 0.2) is 5.78 Å². The number of nitrogens with two attached hydrogens (primary N) is 1. The van der Waals surface area contributed by atoms with Crippen molar-refractivity contribution in [3.8, 4) is 0 Å². The number of ketones is 1. The normalized spacial score (nSPS) is 18.1. The first-order valence-corrected chi connectivity index (χ1v) is 14.2. The van der Waals surface area contributed by atoms with E-state index < -0.39 is 17.5 Å². The van der Waals surface area contributed by atoms with Crippen molar-refractivity contribution in [3.63, 3.8) is 0 Å². The highest BCUT2D eigenvalue weighted by atomic mass is 35.5. The topological polar surface area (TPSA) is 126 Å². The molecule has 1 amide bonds. The highest BCUT2D eigenvalue weighted by Gasteiger charge is 2.44. The lowest BCUT2D eigenvalue weighted by atomic mass is 9.74. The number of unbranched alkanes of at least 4 members (excludes halogenated alkanes) is 1. The molecule has 1 heterocycles. The van der Waals surface area contributed by atoms with Gasteiger partial charge in [-0.2, -0.15) is 0 Å². The maximum absolute atomic E-state index is 14.4. The molecule has 0 radical (unpaired) electrons. The zero-order valence-electron chi connectivity index (χ0n) is 23.8. The number of piperidine rings is 1. The van der Waals surface area contributed by atoms with Gasteiger partial charge in [0, 0.05) is 35.6 Å². The Balaban J connectivity index is 2.01. The van der Waals surface area contributed by atoms with Gasteiger partial charge in [-0.15, -0.1) is 0 Å². The number of halogens is 1. The monoisotopic (exact) mass is 568 g/mol. The Morgan fingerprint density at radius 2 is 1.88 bits per heavy atom. The predicted molar refractivity (Wildman–Crippen MR) is 158 cm³/mol.